The maximum Gasteiger partial charge on any atom is 0.0190 e. The van der Waals surface area contributed by atoms with E-state index >= 15 is 0 Å². The van der Waals surface area contributed by atoms with Crippen LogP contribution in [0.3, 0.4) is 0 Å². The van der Waals surface area contributed by atoms with Crippen LogP contribution >= 0.6 is 0 Å². The predicted octanol–water partition coefficient (Wildman–Crippen LogP) is 2.28. The molecule has 3 N–H and O–H groups in total. The Morgan fingerprint density at radius 1 is 1.29 bits per heavy atom. The van der Waals surface area contributed by atoms with Gasteiger partial charge in [0.15, 0.2) is 0 Å². The van der Waals surface area contributed by atoms with E-state index in [2.05, 4.69) is 12.2 Å². The van der Waals surface area contributed by atoms with Crippen molar-refractivity contribution >= 4 is 0 Å². The van der Waals surface area contributed by atoms with Crippen LogP contribution in [0.5, 0.6) is 0 Å². The van der Waals surface area contributed by atoms with Gasteiger partial charge in [-0.15, -0.1) is 0 Å². The van der Waals surface area contributed by atoms with Crippen molar-refractivity contribution < 1.29 is 0 Å². The first kappa shape index (κ1) is 12.0. The quantitative estimate of drug-likeness (QED) is 0.558. The molecule has 0 aromatic heterocycles. The Bertz CT molecular complexity index is 132. The average Bonchev–Trinajstić information content (AvgIpc) is 3.01. The molecular weight excluding hydrogens is 172 g/mol. The summed E-state index contributed by atoms with van der Waals surface area (Å²) in [6.07, 6.45) is 9.54. The minimum Gasteiger partial charge on any atom is -0.329 e. The Kier molecular flexibility index (Phi) is 6.20. The van der Waals surface area contributed by atoms with Crippen molar-refractivity contribution in [1.29, 1.82) is 0 Å². The summed E-state index contributed by atoms with van der Waals surface area (Å²) >= 11 is 0. The molecule has 1 unspecified atom stereocenters. The molecule has 0 bridgehead atoms. The van der Waals surface area contributed by atoms with Crippen molar-refractivity contribution in [3.8, 4) is 0 Å². The zero-order valence-electron chi connectivity index (χ0n) is 9.60. The summed E-state index contributed by atoms with van der Waals surface area (Å²) in [6.45, 7) is 4.26. The third kappa shape index (κ3) is 5.61. The number of nitrogens with one attached hydrogen (secondary N) is 1. The van der Waals surface area contributed by atoms with Gasteiger partial charge in [-0.05, 0) is 31.7 Å². The summed E-state index contributed by atoms with van der Waals surface area (Å²) in [7, 11) is 0. The molecule has 84 valence electrons. The molecule has 0 aromatic rings. The number of hydrogen-bond acceptors (Lipinski definition) is 2. The van der Waals surface area contributed by atoms with Crippen LogP contribution < -0.4 is 11.1 Å². The summed E-state index contributed by atoms with van der Waals surface area (Å²) in [5.41, 5.74) is 5.73. The second-order valence-electron chi connectivity index (χ2n) is 4.63. The van der Waals surface area contributed by atoms with Crippen LogP contribution in [0.1, 0.15) is 51.9 Å². The molecule has 0 aromatic carbocycles. The minimum atomic E-state index is 0.576. The highest BCUT2D eigenvalue weighted by Crippen LogP contribution is 2.27. The average molecular weight is 198 g/mol. The number of rotatable bonds is 9. The van der Waals surface area contributed by atoms with E-state index < -0.39 is 0 Å². The topological polar surface area (TPSA) is 38.0 Å². The summed E-state index contributed by atoms with van der Waals surface area (Å²) in [4.78, 5) is 0. The van der Waals surface area contributed by atoms with Gasteiger partial charge in [0.25, 0.3) is 0 Å². The molecule has 0 saturated heterocycles. The van der Waals surface area contributed by atoms with Crippen LogP contribution in [0.4, 0.5) is 0 Å². The van der Waals surface area contributed by atoms with Crippen LogP contribution in [0, 0.1) is 5.92 Å². The number of unbranched alkanes of at least 4 members (excludes halogenated alkanes) is 3. The van der Waals surface area contributed by atoms with E-state index in [4.69, 9.17) is 5.73 Å². The lowest BCUT2D eigenvalue weighted by Crippen LogP contribution is -2.37. The summed E-state index contributed by atoms with van der Waals surface area (Å²) < 4.78 is 0. The van der Waals surface area contributed by atoms with E-state index in [0.29, 0.717) is 6.04 Å². The Hall–Kier alpha value is -0.0800. The molecular formula is C12H26N2. The fourth-order valence-electron chi connectivity index (χ4n) is 1.78. The molecule has 1 fully saturated rings. The van der Waals surface area contributed by atoms with Crippen LogP contribution in [0.2, 0.25) is 0 Å². The van der Waals surface area contributed by atoms with Gasteiger partial charge >= 0.3 is 0 Å². The molecule has 0 amide bonds. The van der Waals surface area contributed by atoms with Gasteiger partial charge in [-0.2, -0.15) is 0 Å². The lowest BCUT2D eigenvalue weighted by atomic mass is 10.1. The van der Waals surface area contributed by atoms with E-state index in [0.717, 1.165) is 12.5 Å². The van der Waals surface area contributed by atoms with Crippen molar-refractivity contribution in [2.24, 2.45) is 11.7 Å². The van der Waals surface area contributed by atoms with Crippen molar-refractivity contribution in [1.82, 2.24) is 5.32 Å². The summed E-state index contributed by atoms with van der Waals surface area (Å²) in [5.74, 6) is 0.972. The SMILES string of the molecule is CCCCCCC(CN)NCC1CC1. The minimum absolute atomic E-state index is 0.576. The number of hydrogen-bond donors (Lipinski definition) is 2. The van der Waals surface area contributed by atoms with E-state index in [9.17, 15) is 0 Å². The van der Waals surface area contributed by atoms with Gasteiger partial charge < -0.3 is 11.1 Å². The van der Waals surface area contributed by atoms with E-state index in [1.165, 1.54) is 51.5 Å². The molecule has 1 atom stereocenters. The molecule has 1 aliphatic rings. The van der Waals surface area contributed by atoms with Gasteiger partial charge in [-0.25, -0.2) is 0 Å². The van der Waals surface area contributed by atoms with Crippen LogP contribution in [-0.2, 0) is 0 Å². The first-order valence-corrected chi connectivity index (χ1v) is 6.30. The smallest absolute Gasteiger partial charge is 0.0190 e. The Labute approximate surface area is 88.6 Å². The van der Waals surface area contributed by atoms with Gasteiger partial charge in [0.2, 0.25) is 0 Å². The Morgan fingerprint density at radius 2 is 2.07 bits per heavy atom. The number of nitrogens with two attached hydrogens (primary N) is 1. The molecule has 0 aliphatic heterocycles. The molecule has 1 aliphatic carbocycles. The maximum atomic E-state index is 5.73. The first-order valence-electron chi connectivity index (χ1n) is 6.30. The summed E-state index contributed by atoms with van der Waals surface area (Å²) in [6, 6.07) is 0.576. The second kappa shape index (κ2) is 7.24. The van der Waals surface area contributed by atoms with Crippen molar-refractivity contribution in [3.05, 3.63) is 0 Å². The second-order valence-corrected chi connectivity index (χ2v) is 4.63. The first-order chi connectivity index (χ1) is 6.86. The maximum absolute atomic E-state index is 5.73. The third-order valence-electron chi connectivity index (χ3n) is 3.08. The molecule has 0 spiro atoms. The van der Waals surface area contributed by atoms with Crippen LogP contribution in [0.25, 0.3) is 0 Å². The lowest BCUT2D eigenvalue weighted by Gasteiger charge is -2.16. The highest BCUT2D eigenvalue weighted by molar-refractivity contribution is 4.78. The summed E-state index contributed by atoms with van der Waals surface area (Å²) in [5, 5.41) is 3.58. The molecule has 2 heteroatoms. The van der Waals surface area contributed by atoms with Gasteiger partial charge in [0.1, 0.15) is 0 Å². The van der Waals surface area contributed by atoms with Crippen molar-refractivity contribution in [3.63, 3.8) is 0 Å². The largest absolute Gasteiger partial charge is 0.329 e. The molecule has 14 heavy (non-hydrogen) atoms. The van der Waals surface area contributed by atoms with Crippen molar-refractivity contribution in [2.75, 3.05) is 13.1 Å². The third-order valence-corrected chi connectivity index (χ3v) is 3.08. The zero-order chi connectivity index (χ0) is 10.2. The van der Waals surface area contributed by atoms with E-state index in [1.807, 2.05) is 0 Å². The molecule has 1 rings (SSSR count). The van der Waals surface area contributed by atoms with Gasteiger partial charge in [-0.3, -0.25) is 0 Å². The lowest BCUT2D eigenvalue weighted by molar-refractivity contribution is 0.453. The van der Waals surface area contributed by atoms with Gasteiger partial charge in [0.05, 0.1) is 0 Å². The molecule has 1 saturated carbocycles. The van der Waals surface area contributed by atoms with E-state index in [1.54, 1.807) is 0 Å². The monoisotopic (exact) mass is 198 g/mol. The highest BCUT2D eigenvalue weighted by atomic mass is 14.9. The molecule has 0 heterocycles. The predicted molar refractivity (Wildman–Crippen MR) is 62.3 cm³/mol. The van der Waals surface area contributed by atoms with E-state index in [-0.39, 0.29) is 0 Å². The fraction of sp³-hybridized carbons (Fsp3) is 1.00. The van der Waals surface area contributed by atoms with Crippen molar-refractivity contribution in [2.45, 2.75) is 57.9 Å². The highest BCUT2D eigenvalue weighted by Gasteiger charge is 2.21. The Balaban J connectivity index is 1.93. The molecule has 2 nitrogen and oxygen atoms in total. The van der Waals surface area contributed by atoms with Gasteiger partial charge in [-0.1, -0.05) is 32.6 Å². The molecule has 0 radical (unpaired) electrons. The van der Waals surface area contributed by atoms with Gasteiger partial charge in [0, 0.05) is 12.6 Å². The fourth-order valence-corrected chi connectivity index (χ4v) is 1.78. The normalized spacial score (nSPS) is 18.4. The Morgan fingerprint density at radius 3 is 2.64 bits per heavy atom. The van der Waals surface area contributed by atoms with Crippen LogP contribution in [0.15, 0.2) is 0 Å². The zero-order valence-corrected chi connectivity index (χ0v) is 9.60. The van der Waals surface area contributed by atoms with Crippen LogP contribution in [-0.4, -0.2) is 19.1 Å². The standard InChI is InChI=1S/C12H26N2/c1-2-3-4-5-6-12(9-13)14-10-11-7-8-11/h11-12,14H,2-10,13H2,1H3.